The molecule has 1 aliphatic rings. The van der Waals surface area contributed by atoms with Gasteiger partial charge in [-0.2, -0.15) is 0 Å². The molecular weight excluding hydrogens is 254 g/mol. The van der Waals surface area contributed by atoms with Gasteiger partial charge in [0, 0.05) is 24.8 Å². The highest BCUT2D eigenvalue weighted by Gasteiger charge is 2.15. The van der Waals surface area contributed by atoms with Crippen molar-refractivity contribution < 1.29 is 9.84 Å². The van der Waals surface area contributed by atoms with E-state index in [-0.39, 0.29) is 5.75 Å². The third kappa shape index (κ3) is 2.58. The van der Waals surface area contributed by atoms with Crippen molar-refractivity contribution in [3.8, 4) is 17.1 Å². The van der Waals surface area contributed by atoms with Crippen LogP contribution < -0.4 is 4.90 Å². The van der Waals surface area contributed by atoms with Crippen LogP contribution in [0.5, 0.6) is 5.75 Å². The van der Waals surface area contributed by atoms with Crippen LogP contribution in [0.3, 0.4) is 0 Å². The van der Waals surface area contributed by atoms with Gasteiger partial charge in [0.05, 0.1) is 18.8 Å². The lowest BCUT2D eigenvalue weighted by atomic mass is 10.2. The Morgan fingerprint density at radius 1 is 1.15 bits per heavy atom. The molecule has 5 nitrogen and oxygen atoms in total. The molecule has 3 rings (SSSR count). The molecule has 1 aromatic carbocycles. The van der Waals surface area contributed by atoms with Crippen LogP contribution in [0, 0.1) is 6.92 Å². The lowest BCUT2D eigenvalue weighted by Gasteiger charge is -2.28. The highest BCUT2D eigenvalue weighted by molar-refractivity contribution is 5.65. The quantitative estimate of drug-likeness (QED) is 0.905. The van der Waals surface area contributed by atoms with Gasteiger partial charge in [0.25, 0.3) is 0 Å². The minimum absolute atomic E-state index is 0.200. The summed E-state index contributed by atoms with van der Waals surface area (Å²) in [5, 5.41) is 9.94. The van der Waals surface area contributed by atoms with E-state index < -0.39 is 0 Å². The van der Waals surface area contributed by atoms with Crippen LogP contribution in [0.2, 0.25) is 0 Å². The Balaban J connectivity index is 2.00. The number of hydrogen-bond acceptors (Lipinski definition) is 5. The van der Waals surface area contributed by atoms with Crippen molar-refractivity contribution >= 4 is 5.82 Å². The Bertz CT molecular complexity index is 610. The number of hydrogen-bond donors (Lipinski definition) is 1. The highest BCUT2D eigenvalue weighted by atomic mass is 16.5. The highest BCUT2D eigenvalue weighted by Crippen LogP contribution is 2.27. The molecule has 0 amide bonds. The maximum atomic E-state index is 9.94. The largest absolute Gasteiger partial charge is 0.507 e. The third-order valence-corrected chi connectivity index (χ3v) is 3.32. The summed E-state index contributed by atoms with van der Waals surface area (Å²) in [7, 11) is 0. The van der Waals surface area contributed by atoms with Gasteiger partial charge < -0.3 is 14.7 Å². The molecule has 2 aromatic rings. The standard InChI is InChI=1S/C15H17N3O2/c1-11-10-14(18-6-8-20-9-7-18)17-15(16-11)12-4-2-3-5-13(12)19/h2-5,10,19H,6-9H2,1H3. The van der Waals surface area contributed by atoms with Crippen LogP contribution in [-0.2, 0) is 4.74 Å². The van der Waals surface area contributed by atoms with E-state index in [9.17, 15) is 5.11 Å². The molecule has 1 saturated heterocycles. The molecule has 0 spiro atoms. The van der Waals surface area contributed by atoms with E-state index in [0.29, 0.717) is 11.4 Å². The maximum absolute atomic E-state index is 9.94. The van der Waals surface area contributed by atoms with Gasteiger partial charge in [0.15, 0.2) is 5.82 Å². The molecule has 5 heteroatoms. The Hall–Kier alpha value is -2.14. The number of benzene rings is 1. The molecular formula is C15H17N3O2. The Morgan fingerprint density at radius 3 is 2.65 bits per heavy atom. The van der Waals surface area contributed by atoms with E-state index >= 15 is 0 Å². The van der Waals surface area contributed by atoms with Crippen LogP contribution in [-0.4, -0.2) is 41.4 Å². The summed E-state index contributed by atoms with van der Waals surface area (Å²) < 4.78 is 5.36. The van der Waals surface area contributed by atoms with Crippen molar-refractivity contribution in [1.29, 1.82) is 0 Å². The van der Waals surface area contributed by atoms with Crippen molar-refractivity contribution in [2.75, 3.05) is 31.2 Å². The predicted molar refractivity (Wildman–Crippen MR) is 76.9 cm³/mol. The van der Waals surface area contributed by atoms with Gasteiger partial charge in [-0.3, -0.25) is 0 Å². The first-order chi connectivity index (χ1) is 9.74. The SMILES string of the molecule is Cc1cc(N2CCOCC2)nc(-c2ccccc2O)n1. The number of rotatable bonds is 2. The summed E-state index contributed by atoms with van der Waals surface area (Å²) in [4.78, 5) is 11.2. The topological polar surface area (TPSA) is 58.5 Å². The van der Waals surface area contributed by atoms with Crippen LogP contribution in [0.25, 0.3) is 11.4 Å². The number of morpholine rings is 1. The number of aromatic hydroxyl groups is 1. The first-order valence-corrected chi connectivity index (χ1v) is 6.71. The maximum Gasteiger partial charge on any atom is 0.165 e. The molecule has 1 fully saturated rings. The van der Waals surface area contributed by atoms with Crippen molar-refractivity contribution in [2.45, 2.75) is 6.92 Å². The van der Waals surface area contributed by atoms with Crippen molar-refractivity contribution in [3.63, 3.8) is 0 Å². The average molecular weight is 271 g/mol. The molecule has 2 heterocycles. The summed E-state index contributed by atoms with van der Waals surface area (Å²) in [6.45, 7) is 5.03. The minimum atomic E-state index is 0.200. The first-order valence-electron chi connectivity index (χ1n) is 6.71. The number of phenolic OH excluding ortho intramolecular Hbond substituents is 1. The molecule has 1 aliphatic heterocycles. The van der Waals surface area contributed by atoms with Gasteiger partial charge >= 0.3 is 0 Å². The minimum Gasteiger partial charge on any atom is -0.507 e. The fourth-order valence-corrected chi connectivity index (χ4v) is 2.29. The number of aryl methyl sites for hydroxylation is 1. The molecule has 0 atom stereocenters. The Kier molecular flexibility index (Phi) is 3.52. The lowest BCUT2D eigenvalue weighted by Crippen LogP contribution is -2.36. The van der Waals surface area contributed by atoms with E-state index in [1.807, 2.05) is 25.1 Å². The molecule has 0 radical (unpaired) electrons. The lowest BCUT2D eigenvalue weighted by molar-refractivity contribution is 0.122. The summed E-state index contributed by atoms with van der Waals surface area (Å²) in [5.41, 5.74) is 1.55. The summed E-state index contributed by atoms with van der Waals surface area (Å²) in [5.74, 6) is 1.65. The van der Waals surface area contributed by atoms with Crippen molar-refractivity contribution in [3.05, 3.63) is 36.0 Å². The van der Waals surface area contributed by atoms with Gasteiger partial charge in [0.1, 0.15) is 11.6 Å². The number of phenols is 1. The Morgan fingerprint density at radius 2 is 1.90 bits per heavy atom. The van der Waals surface area contributed by atoms with E-state index in [1.165, 1.54) is 0 Å². The van der Waals surface area contributed by atoms with Crippen molar-refractivity contribution in [1.82, 2.24) is 9.97 Å². The zero-order valence-electron chi connectivity index (χ0n) is 11.4. The van der Waals surface area contributed by atoms with E-state index in [4.69, 9.17) is 4.74 Å². The molecule has 0 unspecified atom stereocenters. The van der Waals surface area contributed by atoms with Gasteiger partial charge in [0.2, 0.25) is 0 Å². The van der Waals surface area contributed by atoms with Crippen LogP contribution >= 0.6 is 0 Å². The van der Waals surface area contributed by atoms with Gasteiger partial charge in [-0.25, -0.2) is 9.97 Å². The molecule has 0 bridgehead atoms. The van der Waals surface area contributed by atoms with Crippen LogP contribution in [0.4, 0.5) is 5.82 Å². The second-order valence-electron chi connectivity index (χ2n) is 4.81. The van der Waals surface area contributed by atoms with Crippen LogP contribution in [0.1, 0.15) is 5.69 Å². The van der Waals surface area contributed by atoms with E-state index in [0.717, 1.165) is 37.8 Å². The second-order valence-corrected chi connectivity index (χ2v) is 4.81. The van der Waals surface area contributed by atoms with Gasteiger partial charge in [-0.05, 0) is 19.1 Å². The number of anilines is 1. The number of nitrogens with zero attached hydrogens (tertiary/aromatic N) is 3. The monoisotopic (exact) mass is 271 g/mol. The number of aromatic nitrogens is 2. The average Bonchev–Trinajstić information content (AvgIpc) is 2.48. The second kappa shape index (κ2) is 5.46. The number of para-hydroxylation sites is 1. The summed E-state index contributed by atoms with van der Waals surface area (Å²) >= 11 is 0. The third-order valence-electron chi connectivity index (χ3n) is 3.32. The zero-order chi connectivity index (χ0) is 13.9. The molecule has 20 heavy (non-hydrogen) atoms. The predicted octanol–water partition coefficient (Wildman–Crippen LogP) is 1.99. The van der Waals surface area contributed by atoms with Gasteiger partial charge in [-0.15, -0.1) is 0 Å². The molecule has 0 aliphatic carbocycles. The van der Waals surface area contributed by atoms with E-state index in [1.54, 1.807) is 12.1 Å². The zero-order valence-corrected chi connectivity index (χ0v) is 11.4. The van der Waals surface area contributed by atoms with Crippen molar-refractivity contribution in [2.24, 2.45) is 0 Å². The molecule has 1 aromatic heterocycles. The molecule has 0 saturated carbocycles. The Labute approximate surface area is 117 Å². The van der Waals surface area contributed by atoms with Gasteiger partial charge in [-0.1, -0.05) is 12.1 Å². The molecule has 104 valence electrons. The van der Waals surface area contributed by atoms with Crippen LogP contribution in [0.15, 0.2) is 30.3 Å². The molecule has 1 N–H and O–H groups in total. The summed E-state index contributed by atoms with van der Waals surface area (Å²) in [6.07, 6.45) is 0. The number of ether oxygens (including phenoxy) is 1. The van der Waals surface area contributed by atoms with E-state index in [2.05, 4.69) is 14.9 Å². The fourth-order valence-electron chi connectivity index (χ4n) is 2.29. The smallest absolute Gasteiger partial charge is 0.165 e. The normalized spacial score (nSPS) is 15.3. The first kappa shape index (κ1) is 12.9. The fraction of sp³-hybridized carbons (Fsp3) is 0.333. The summed E-state index contributed by atoms with van der Waals surface area (Å²) in [6, 6.07) is 9.10.